The van der Waals surface area contributed by atoms with E-state index >= 15 is 0 Å². The maximum absolute atomic E-state index is 12.4. The first-order chi connectivity index (χ1) is 10.9. The third kappa shape index (κ3) is 1.88. The Kier molecular flexibility index (Phi) is 3.30. The molecule has 4 aliphatic carbocycles. The Morgan fingerprint density at radius 1 is 1.00 bits per heavy atom. The molecule has 4 rings (SSSR count). The Bertz CT molecular complexity index is 626. The second-order valence-electron chi connectivity index (χ2n) is 8.94. The molecule has 2 heteroatoms. The van der Waals surface area contributed by atoms with Crippen molar-refractivity contribution < 1.29 is 9.59 Å². The Hall–Kier alpha value is -1.14. The van der Waals surface area contributed by atoms with Gasteiger partial charge in [-0.2, -0.15) is 0 Å². The number of allylic oxidation sites excluding steroid dienone is 1. The molecule has 0 spiro atoms. The van der Waals surface area contributed by atoms with Gasteiger partial charge in [-0.15, -0.1) is 5.73 Å². The topological polar surface area (TPSA) is 34.1 Å². The van der Waals surface area contributed by atoms with Crippen molar-refractivity contribution in [2.24, 2.45) is 34.5 Å². The minimum Gasteiger partial charge on any atom is -0.299 e. The summed E-state index contributed by atoms with van der Waals surface area (Å²) < 4.78 is 0. The van der Waals surface area contributed by atoms with Crippen molar-refractivity contribution >= 4 is 11.6 Å². The van der Waals surface area contributed by atoms with Crippen molar-refractivity contribution in [2.75, 3.05) is 0 Å². The number of fused-ring (bicyclic) bond motifs is 5. The van der Waals surface area contributed by atoms with E-state index in [2.05, 4.69) is 26.2 Å². The number of ketones is 2. The first kappa shape index (κ1) is 15.4. The molecule has 0 aromatic carbocycles. The van der Waals surface area contributed by atoms with Gasteiger partial charge in [0, 0.05) is 29.7 Å². The molecule has 4 fully saturated rings. The van der Waals surface area contributed by atoms with Crippen LogP contribution < -0.4 is 0 Å². The van der Waals surface area contributed by atoms with Gasteiger partial charge in [-0.25, -0.2) is 0 Å². The van der Waals surface area contributed by atoms with E-state index in [0.29, 0.717) is 35.9 Å². The zero-order valence-electron chi connectivity index (χ0n) is 14.5. The standard InChI is InChI=1S/C21H28O2/c1-4-13-15-6-5-14-16-7-8-19(23)21(16,3)11-9-17(14)20(15,2)12-10-18(13)22/h14-17H,1,5-12H2,2-3H3/t14-,15?,16-,17+,20-,21-/m0/s1. The summed E-state index contributed by atoms with van der Waals surface area (Å²) in [6.45, 7) is 8.46. The minimum atomic E-state index is -0.0496. The molecule has 1 unspecified atom stereocenters. The molecule has 0 N–H and O–H groups in total. The van der Waals surface area contributed by atoms with Crippen molar-refractivity contribution in [1.82, 2.24) is 0 Å². The zero-order chi connectivity index (χ0) is 16.4. The number of carbonyl (C=O) groups is 2. The van der Waals surface area contributed by atoms with Gasteiger partial charge in [-0.05, 0) is 61.7 Å². The lowest BCUT2D eigenvalue weighted by molar-refractivity contribution is -0.138. The molecule has 0 bridgehead atoms. The van der Waals surface area contributed by atoms with E-state index in [1.54, 1.807) is 0 Å². The van der Waals surface area contributed by atoms with Crippen molar-refractivity contribution in [1.29, 1.82) is 0 Å². The van der Waals surface area contributed by atoms with E-state index in [4.69, 9.17) is 0 Å². The summed E-state index contributed by atoms with van der Waals surface area (Å²) in [5.41, 5.74) is 4.04. The summed E-state index contributed by atoms with van der Waals surface area (Å²) in [5, 5.41) is 0. The molecule has 4 aliphatic rings. The Morgan fingerprint density at radius 3 is 2.52 bits per heavy atom. The Morgan fingerprint density at radius 2 is 1.78 bits per heavy atom. The molecule has 0 saturated heterocycles. The quantitative estimate of drug-likeness (QED) is 0.488. The number of hydrogen-bond acceptors (Lipinski definition) is 2. The van der Waals surface area contributed by atoms with Crippen LogP contribution in [0.4, 0.5) is 0 Å². The molecule has 0 aliphatic heterocycles. The maximum Gasteiger partial charge on any atom is 0.166 e. The molecule has 0 aromatic rings. The normalized spacial score (nSPS) is 49.2. The first-order valence-electron chi connectivity index (χ1n) is 9.38. The molecule has 0 radical (unpaired) electrons. The summed E-state index contributed by atoms with van der Waals surface area (Å²) >= 11 is 0. The molecule has 4 saturated carbocycles. The smallest absolute Gasteiger partial charge is 0.166 e. The molecule has 2 nitrogen and oxygen atoms in total. The average Bonchev–Trinajstić information content (AvgIpc) is 2.83. The second-order valence-corrected chi connectivity index (χ2v) is 8.94. The van der Waals surface area contributed by atoms with Gasteiger partial charge in [0.1, 0.15) is 5.78 Å². The summed E-state index contributed by atoms with van der Waals surface area (Å²) in [5.74, 6) is 3.07. The van der Waals surface area contributed by atoms with Gasteiger partial charge in [0.2, 0.25) is 0 Å². The molecule has 124 valence electrons. The third-order valence-electron chi connectivity index (χ3n) is 8.31. The van der Waals surface area contributed by atoms with Crippen LogP contribution in [0.3, 0.4) is 0 Å². The molecule has 0 heterocycles. The molecular weight excluding hydrogens is 284 g/mol. The van der Waals surface area contributed by atoms with Crippen LogP contribution in [0.1, 0.15) is 65.2 Å². The van der Waals surface area contributed by atoms with Gasteiger partial charge in [-0.3, -0.25) is 9.59 Å². The second kappa shape index (κ2) is 4.93. The predicted molar refractivity (Wildman–Crippen MR) is 89.8 cm³/mol. The van der Waals surface area contributed by atoms with Crippen molar-refractivity contribution in [3.05, 3.63) is 17.9 Å². The summed E-state index contributed by atoms with van der Waals surface area (Å²) in [7, 11) is 0. The lowest BCUT2D eigenvalue weighted by Crippen LogP contribution is -2.54. The minimum absolute atomic E-state index is 0.0496. The third-order valence-corrected chi connectivity index (χ3v) is 8.31. The molecule has 0 aromatic heterocycles. The van der Waals surface area contributed by atoms with Crippen LogP contribution in [0.25, 0.3) is 0 Å². The van der Waals surface area contributed by atoms with Crippen LogP contribution in [-0.2, 0) is 9.59 Å². The van der Waals surface area contributed by atoms with E-state index in [1.807, 2.05) is 0 Å². The zero-order valence-corrected chi connectivity index (χ0v) is 14.5. The van der Waals surface area contributed by atoms with Crippen molar-refractivity contribution in [3.63, 3.8) is 0 Å². The average molecular weight is 312 g/mol. The highest BCUT2D eigenvalue weighted by atomic mass is 16.1. The SMILES string of the molecule is C=C=C1C(=O)CC[C@@]2(C)C1CC[C@@H]1[C@H]2CC[C@]2(C)C(=O)CC[C@@H]12. The number of Topliss-reactive ketones (excluding diaryl/α,β-unsaturated/α-hetero) is 2. The Balaban J connectivity index is 1.70. The predicted octanol–water partition coefficient (Wildman–Crippen LogP) is 4.49. The Labute approximate surface area is 139 Å². The van der Waals surface area contributed by atoms with Crippen LogP contribution in [0.5, 0.6) is 0 Å². The van der Waals surface area contributed by atoms with Crippen molar-refractivity contribution in [2.45, 2.75) is 65.2 Å². The fourth-order valence-corrected chi connectivity index (χ4v) is 6.99. The lowest BCUT2D eigenvalue weighted by atomic mass is 9.44. The molecule has 0 amide bonds. The van der Waals surface area contributed by atoms with E-state index in [9.17, 15) is 9.59 Å². The largest absolute Gasteiger partial charge is 0.299 e. The van der Waals surface area contributed by atoms with E-state index in [1.165, 1.54) is 6.42 Å². The van der Waals surface area contributed by atoms with Gasteiger partial charge in [0.25, 0.3) is 0 Å². The van der Waals surface area contributed by atoms with E-state index in [0.717, 1.165) is 44.1 Å². The summed E-state index contributed by atoms with van der Waals surface area (Å²) in [6, 6.07) is 0. The monoisotopic (exact) mass is 312 g/mol. The van der Waals surface area contributed by atoms with Gasteiger partial charge in [-0.1, -0.05) is 20.4 Å². The van der Waals surface area contributed by atoms with Crippen LogP contribution in [0.2, 0.25) is 0 Å². The van der Waals surface area contributed by atoms with E-state index < -0.39 is 0 Å². The number of rotatable bonds is 0. The van der Waals surface area contributed by atoms with Crippen LogP contribution >= 0.6 is 0 Å². The maximum atomic E-state index is 12.4. The number of hydrogen-bond donors (Lipinski definition) is 0. The van der Waals surface area contributed by atoms with Gasteiger partial charge < -0.3 is 0 Å². The highest BCUT2D eigenvalue weighted by Gasteiger charge is 2.60. The summed E-state index contributed by atoms with van der Waals surface area (Å²) in [4.78, 5) is 24.7. The van der Waals surface area contributed by atoms with Gasteiger partial charge in [0.05, 0.1) is 0 Å². The number of carbonyl (C=O) groups excluding carboxylic acids is 2. The fourth-order valence-electron chi connectivity index (χ4n) is 6.99. The van der Waals surface area contributed by atoms with Gasteiger partial charge in [0.15, 0.2) is 5.78 Å². The van der Waals surface area contributed by atoms with Crippen LogP contribution in [0, 0.1) is 34.5 Å². The molecular formula is C21H28O2. The van der Waals surface area contributed by atoms with E-state index in [-0.39, 0.29) is 16.6 Å². The molecule has 6 atom stereocenters. The highest BCUT2D eigenvalue weighted by molar-refractivity contribution is 5.96. The summed E-state index contributed by atoms with van der Waals surface area (Å²) in [6.07, 6.45) is 8.05. The first-order valence-corrected chi connectivity index (χ1v) is 9.38. The van der Waals surface area contributed by atoms with Crippen LogP contribution in [-0.4, -0.2) is 11.6 Å². The fraction of sp³-hybridized carbons (Fsp3) is 0.762. The lowest BCUT2D eigenvalue weighted by Gasteiger charge is -2.59. The highest BCUT2D eigenvalue weighted by Crippen LogP contribution is 2.65. The molecule has 23 heavy (non-hydrogen) atoms. The van der Waals surface area contributed by atoms with Gasteiger partial charge >= 0.3 is 0 Å². The van der Waals surface area contributed by atoms with Crippen LogP contribution in [0.15, 0.2) is 17.9 Å². The van der Waals surface area contributed by atoms with Crippen molar-refractivity contribution in [3.8, 4) is 0 Å².